The lowest BCUT2D eigenvalue weighted by Gasteiger charge is -2.32. The number of likely N-dealkylation sites (tertiary alicyclic amines) is 1. The van der Waals surface area contributed by atoms with E-state index in [4.69, 9.17) is 40.1 Å². The van der Waals surface area contributed by atoms with E-state index in [1.807, 2.05) is 20.8 Å². The highest BCUT2D eigenvalue weighted by Gasteiger charge is 2.41. The molecule has 10 atom stereocenters. The zero-order valence-corrected chi connectivity index (χ0v) is 47.5. The second kappa shape index (κ2) is 38.8. The topological polar surface area (TPSA) is 456 Å². The summed E-state index contributed by atoms with van der Waals surface area (Å²) in [6.45, 7) is 12.4. The first-order chi connectivity index (χ1) is 37.0. The number of carbonyl (C=O) groups is 9. The zero-order valence-electron chi connectivity index (χ0n) is 47.5. The van der Waals surface area contributed by atoms with Crippen LogP contribution in [0.5, 0.6) is 0 Å². The number of nitrogens with one attached hydrogen (secondary N) is 7. The van der Waals surface area contributed by atoms with Gasteiger partial charge in [-0.15, -0.1) is 0 Å². The summed E-state index contributed by atoms with van der Waals surface area (Å²) >= 11 is 0. The number of nitrogens with two attached hydrogens (primary N) is 7. The van der Waals surface area contributed by atoms with Gasteiger partial charge in [-0.3, -0.25) is 43.3 Å². The summed E-state index contributed by atoms with van der Waals surface area (Å²) in [7, 11) is 0. The van der Waals surface area contributed by atoms with Crippen molar-refractivity contribution in [3.63, 3.8) is 0 Å². The molecule has 0 saturated carbocycles. The number of aliphatic carboxylic acids is 1. The van der Waals surface area contributed by atoms with Gasteiger partial charge in [-0.05, 0) is 147 Å². The Morgan fingerprint density at radius 3 is 1.50 bits per heavy atom. The highest BCUT2D eigenvalue weighted by Crippen LogP contribution is 2.22. The normalized spacial score (nSPS) is 16.8. The Kier molecular flexibility index (Phi) is 35.0. The maximum atomic E-state index is 14.6. The number of guanidine groups is 1. The molecule has 0 aromatic carbocycles. The van der Waals surface area contributed by atoms with Gasteiger partial charge >= 0.3 is 5.97 Å². The van der Waals surface area contributed by atoms with Gasteiger partial charge in [0.05, 0.1) is 6.04 Å². The highest BCUT2D eigenvalue weighted by atomic mass is 16.4. The number of carbonyl (C=O) groups excluding carboxylic acids is 8. The third-order valence-electron chi connectivity index (χ3n) is 13.8. The van der Waals surface area contributed by atoms with Gasteiger partial charge < -0.3 is 87.4 Å². The Balaban J connectivity index is 3.54. The molecule has 0 aliphatic carbocycles. The molecule has 0 aromatic heterocycles. The van der Waals surface area contributed by atoms with E-state index < -0.39 is 119 Å². The number of hydrogen-bond acceptors (Lipinski definition) is 15. The van der Waals surface area contributed by atoms with Gasteiger partial charge in [-0.25, -0.2) is 4.79 Å². The van der Waals surface area contributed by atoms with Crippen molar-refractivity contribution in [2.45, 2.75) is 211 Å². The number of carboxylic acids is 1. The standard InChI is InChI=1S/C52H100N16O10/c1-7-33(6)42(67-45(71)36(20-10-14-26-55)61-46(72)39(30-31(2)3)65-43(69)34(57)18-8-12-24-53)49(75)62-35(19-9-13-25-54)44(70)63-37(22-16-28-60-52(58)59)50(76)68-29-17-23-40(68)47(73)66-41(32(4)5)48(74)64-38(51(77)78)21-11-15-27-56/h31-42H,7-30,53-57H2,1-6H3,(H,61,72)(H,62,75)(H,63,70)(H,64,74)(H,65,69)(H,66,73)(H,67,71)(H,77,78)(H4,58,59,60)/t33-,34-,35-,36-,37-,38-,39-,40-,41-,42-/m0/s1. The average Bonchev–Trinajstić information content (AvgIpc) is 3.89. The first-order valence-corrected chi connectivity index (χ1v) is 28.2. The Hall–Kier alpha value is -5.70. The number of aliphatic imine (C=N–C) groups is 1. The first kappa shape index (κ1) is 70.3. The van der Waals surface area contributed by atoms with Crippen molar-refractivity contribution in [3.05, 3.63) is 0 Å². The summed E-state index contributed by atoms with van der Waals surface area (Å²) in [5.41, 5.74) is 40.1. The second-order valence-electron chi connectivity index (χ2n) is 21.3. The Labute approximate surface area is 461 Å². The van der Waals surface area contributed by atoms with Crippen molar-refractivity contribution in [3.8, 4) is 0 Å². The van der Waals surface area contributed by atoms with Crippen LogP contribution in [0, 0.1) is 17.8 Å². The van der Waals surface area contributed by atoms with E-state index in [1.54, 1.807) is 20.8 Å². The Bertz CT molecular complexity index is 1910. The molecule has 0 bridgehead atoms. The van der Waals surface area contributed by atoms with Gasteiger partial charge in [-0.2, -0.15) is 0 Å². The number of unbranched alkanes of at least 4 members (excludes halogenated alkanes) is 4. The smallest absolute Gasteiger partial charge is 0.326 e. The van der Waals surface area contributed by atoms with Crippen LogP contribution in [0.3, 0.4) is 0 Å². The highest BCUT2D eigenvalue weighted by molar-refractivity contribution is 5.98. The molecule has 1 fully saturated rings. The van der Waals surface area contributed by atoms with Crippen molar-refractivity contribution in [2.75, 3.05) is 39.3 Å². The van der Waals surface area contributed by atoms with Gasteiger partial charge in [-0.1, -0.05) is 54.4 Å². The van der Waals surface area contributed by atoms with Crippen molar-refractivity contribution in [1.82, 2.24) is 42.1 Å². The fourth-order valence-electron chi connectivity index (χ4n) is 8.97. The summed E-state index contributed by atoms with van der Waals surface area (Å²) in [4.78, 5) is 130. The third-order valence-corrected chi connectivity index (χ3v) is 13.8. The van der Waals surface area contributed by atoms with E-state index in [-0.39, 0.29) is 76.5 Å². The van der Waals surface area contributed by atoms with E-state index in [0.717, 1.165) is 0 Å². The zero-order chi connectivity index (χ0) is 58.9. The molecule has 26 heteroatoms. The van der Waals surface area contributed by atoms with Crippen molar-refractivity contribution < 1.29 is 48.3 Å². The minimum Gasteiger partial charge on any atom is -0.480 e. The molecule has 448 valence electrons. The summed E-state index contributed by atoms with van der Waals surface area (Å²) < 4.78 is 0. The van der Waals surface area contributed by atoms with Gasteiger partial charge in [0.15, 0.2) is 5.96 Å². The largest absolute Gasteiger partial charge is 0.480 e. The van der Waals surface area contributed by atoms with E-state index in [0.29, 0.717) is 90.3 Å². The van der Waals surface area contributed by atoms with Gasteiger partial charge in [0.2, 0.25) is 47.3 Å². The fourth-order valence-corrected chi connectivity index (χ4v) is 8.97. The van der Waals surface area contributed by atoms with Crippen LogP contribution >= 0.6 is 0 Å². The Morgan fingerprint density at radius 1 is 0.551 bits per heavy atom. The molecular formula is C52H100N16O10. The quantitative estimate of drug-likeness (QED) is 0.0181. The SMILES string of the molecule is CC[C@H](C)[C@H](NC(=O)[C@H](CCCCN)NC(=O)[C@H](CC(C)C)NC(=O)[C@@H](N)CCCCN)C(=O)N[C@@H](CCCCN)C(=O)N[C@@H](CCCN=C(N)N)C(=O)N1CCC[C@H]1C(=O)N[C@H](C(=O)N[C@@H](CCCCN)C(=O)O)C(C)C. The van der Waals surface area contributed by atoms with Crippen LogP contribution in [-0.4, -0.2) is 163 Å². The monoisotopic (exact) mass is 1110 g/mol. The molecule has 1 aliphatic rings. The minimum absolute atomic E-state index is 0.0134. The molecule has 1 aliphatic heterocycles. The molecule has 0 unspecified atom stereocenters. The Morgan fingerprint density at radius 2 is 1.00 bits per heavy atom. The molecule has 78 heavy (non-hydrogen) atoms. The summed E-state index contributed by atoms with van der Waals surface area (Å²) in [6, 6.07) is -10.1. The van der Waals surface area contributed by atoms with Crippen LogP contribution in [0.2, 0.25) is 0 Å². The fraction of sp³-hybridized carbons (Fsp3) is 0.808. The number of rotatable bonds is 41. The summed E-state index contributed by atoms with van der Waals surface area (Å²) in [6.07, 6.45) is 6.49. The van der Waals surface area contributed by atoms with Crippen molar-refractivity contribution >= 4 is 59.2 Å². The third kappa shape index (κ3) is 26.3. The number of hydrogen-bond donors (Lipinski definition) is 15. The predicted octanol–water partition coefficient (Wildman–Crippen LogP) is -1.90. The molecule has 1 heterocycles. The molecule has 1 saturated heterocycles. The molecule has 26 nitrogen and oxygen atoms in total. The van der Waals surface area contributed by atoms with Crippen LogP contribution in [0.25, 0.3) is 0 Å². The minimum atomic E-state index is -1.25. The lowest BCUT2D eigenvalue weighted by molar-refractivity contribution is -0.144. The molecule has 0 radical (unpaired) electrons. The number of carboxylic acid groups (broad SMARTS) is 1. The molecule has 0 spiro atoms. The van der Waals surface area contributed by atoms with Crippen LogP contribution in [0.15, 0.2) is 4.99 Å². The predicted molar refractivity (Wildman–Crippen MR) is 299 cm³/mol. The van der Waals surface area contributed by atoms with Crippen LogP contribution < -0.4 is 77.4 Å². The lowest BCUT2D eigenvalue weighted by Crippen LogP contribution is -2.61. The summed E-state index contributed by atoms with van der Waals surface area (Å²) in [5, 5.41) is 29.1. The van der Waals surface area contributed by atoms with Crippen molar-refractivity contribution in [1.29, 1.82) is 0 Å². The van der Waals surface area contributed by atoms with Gasteiger partial charge in [0.25, 0.3) is 0 Å². The molecular weight excluding hydrogens is 1010 g/mol. The average molecular weight is 1110 g/mol. The second-order valence-corrected chi connectivity index (χ2v) is 21.3. The molecule has 8 amide bonds. The first-order valence-electron chi connectivity index (χ1n) is 28.2. The van der Waals surface area contributed by atoms with Crippen LogP contribution in [-0.2, 0) is 43.2 Å². The van der Waals surface area contributed by atoms with E-state index in [2.05, 4.69) is 42.2 Å². The van der Waals surface area contributed by atoms with Crippen LogP contribution in [0.1, 0.15) is 157 Å². The maximum absolute atomic E-state index is 14.6. The number of nitrogens with zero attached hydrogens (tertiary/aromatic N) is 2. The van der Waals surface area contributed by atoms with E-state index in [9.17, 15) is 48.3 Å². The van der Waals surface area contributed by atoms with Crippen molar-refractivity contribution in [2.24, 2.45) is 62.9 Å². The molecule has 0 aromatic rings. The van der Waals surface area contributed by atoms with Gasteiger partial charge in [0.1, 0.15) is 48.3 Å². The van der Waals surface area contributed by atoms with Crippen LogP contribution in [0.4, 0.5) is 0 Å². The van der Waals surface area contributed by atoms with Gasteiger partial charge in [0, 0.05) is 13.1 Å². The number of amides is 8. The van der Waals surface area contributed by atoms with E-state index >= 15 is 0 Å². The van der Waals surface area contributed by atoms with E-state index in [1.165, 1.54) is 4.90 Å². The summed E-state index contributed by atoms with van der Waals surface area (Å²) in [5.74, 6) is -7.57. The lowest BCUT2D eigenvalue weighted by atomic mass is 9.96. The maximum Gasteiger partial charge on any atom is 0.326 e. The molecule has 1 rings (SSSR count). The molecule has 22 N–H and O–H groups in total.